The molecule has 4 N–H and O–H groups in total. The monoisotopic (exact) mass is 1100 g/mol. The number of hydrogen-bond acceptors (Lipinski definition) is 11. The van der Waals surface area contributed by atoms with E-state index in [0.29, 0.717) is 24.0 Å². The number of cyclic esters (lactones) is 1. The van der Waals surface area contributed by atoms with Crippen LogP contribution in [-0.2, 0) is 54.3 Å². The number of nitrogens with zero attached hydrogens (tertiary/aromatic N) is 5. The van der Waals surface area contributed by atoms with E-state index in [1.165, 1.54) is 47.8 Å². The molecule has 0 aromatic heterocycles. The van der Waals surface area contributed by atoms with Crippen LogP contribution >= 0.6 is 0 Å². The number of amides is 8. The Morgan fingerprint density at radius 1 is 0.557 bits per heavy atom. The molecular weight excluding hydrogens is 1010 g/mol. The van der Waals surface area contributed by atoms with Gasteiger partial charge in [0.05, 0.1) is 0 Å². The van der Waals surface area contributed by atoms with Gasteiger partial charge in [-0.3, -0.25) is 38.4 Å². The first kappa shape index (κ1) is 65.2. The van der Waals surface area contributed by atoms with E-state index in [0.717, 1.165) is 4.90 Å². The number of aliphatic hydroxyl groups excluding tert-OH is 1. The van der Waals surface area contributed by atoms with Gasteiger partial charge in [-0.15, -0.1) is 0 Å². The van der Waals surface area contributed by atoms with Gasteiger partial charge in [-0.25, -0.2) is 4.79 Å². The molecule has 79 heavy (non-hydrogen) atoms. The molecule has 2 aromatic rings. The summed E-state index contributed by atoms with van der Waals surface area (Å²) in [6.45, 7) is 21.6. The van der Waals surface area contributed by atoms with Gasteiger partial charge in [0.1, 0.15) is 54.4 Å². The molecule has 0 bridgehead atoms. The zero-order chi connectivity index (χ0) is 59.3. The van der Waals surface area contributed by atoms with Gasteiger partial charge in [0.2, 0.25) is 41.4 Å². The van der Waals surface area contributed by atoms with E-state index in [4.69, 9.17) is 4.74 Å². The van der Waals surface area contributed by atoms with E-state index in [2.05, 4.69) is 16.0 Å². The largest absolute Gasteiger partial charge is 0.450 e. The molecule has 0 saturated carbocycles. The summed E-state index contributed by atoms with van der Waals surface area (Å²) in [6, 6.07) is 7.13. The zero-order valence-corrected chi connectivity index (χ0v) is 49.7. The van der Waals surface area contributed by atoms with E-state index < -0.39 is 137 Å². The smallest absolute Gasteiger partial charge is 0.329 e. The first-order valence-electron chi connectivity index (χ1n) is 28.3. The molecule has 0 radical (unpaired) electrons. The molecule has 2 aliphatic heterocycles. The van der Waals surface area contributed by atoms with Crippen molar-refractivity contribution in [3.8, 4) is 0 Å². The van der Waals surface area contributed by atoms with Crippen LogP contribution in [0.25, 0.3) is 0 Å². The van der Waals surface area contributed by atoms with E-state index in [-0.39, 0.29) is 44.1 Å². The summed E-state index contributed by atoms with van der Waals surface area (Å²) in [5, 5.41) is 21.1. The number of esters is 1. The third-order valence-electron chi connectivity index (χ3n) is 15.5. The molecule has 0 spiro atoms. The van der Waals surface area contributed by atoms with Gasteiger partial charge in [0, 0.05) is 41.2 Å². The lowest BCUT2D eigenvalue weighted by molar-refractivity contribution is -0.171. The number of benzene rings is 2. The Morgan fingerprint density at radius 2 is 1.08 bits per heavy atom. The van der Waals surface area contributed by atoms with Gasteiger partial charge in [-0.05, 0) is 72.3 Å². The quantitative estimate of drug-likeness (QED) is 0.200. The fraction of sp³-hybridized carbons (Fsp3) is 0.650. The fourth-order valence-electron chi connectivity index (χ4n) is 10.9. The molecule has 2 saturated heterocycles. The Kier molecular flexibility index (Phi) is 24.1. The number of rotatable bonds is 13. The van der Waals surface area contributed by atoms with Crippen LogP contribution in [0.4, 0.5) is 0 Å². The van der Waals surface area contributed by atoms with Crippen molar-refractivity contribution >= 4 is 53.2 Å². The molecule has 1 unspecified atom stereocenters. The highest BCUT2D eigenvalue weighted by atomic mass is 16.6. The molecule has 438 valence electrons. The SMILES string of the molecule is CC[C@@H](C)[C@@H]1NC(=O)[C@@H]2CCCN2C(=O)[C@H](C(O)c2ccccc2)N(C)C(=O)[C@H](Cc2ccccc2)NC(=O)[C@H](C(C)C)N(C)C(=O)[C@@H](C(C)C)OC(=O)[C@H](C(C)C)N(C)C(=O)[C@H](CC(C)C)NC(=O)[C@H](CC(C)C)N(C)C1=O. The number of carbonyl (C=O) groups is 9. The number of aliphatic hydroxyl groups is 1. The first-order chi connectivity index (χ1) is 37.0. The second kappa shape index (κ2) is 29.2. The van der Waals surface area contributed by atoms with E-state index in [9.17, 15) is 38.7 Å². The lowest BCUT2D eigenvalue weighted by atomic mass is 9.94. The lowest BCUT2D eigenvalue weighted by Crippen LogP contribution is -2.62. The first-order valence-corrected chi connectivity index (χ1v) is 28.3. The van der Waals surface area contributed by atoms with Crippen molar-refractivity contribution in [1.82, 2.24) is 40.4 Å². The Morgan fingerprint density at radius 3 is 1.61 bits per heavy atom. The highest BCUT2D eigenvalue weighted by Gasteiger charge is 2.47. The van der Waals surface area contributed by atoms with Crippen LogP contribution in [0.2, 0.25) is 0 Å². The zero-order valence-electron chi connectivity index (χ0n) is 49.7. The number of nitrogens with one attached hydrogen (secondary N) is 3. The third-order valence-corrected chi connectivity index (χ3v) is 15.5. The van der Waals surface area contributed by atoms with Gasteiger partial charge in [-0.2, -0.15) is 0 Å². The summed E-state index contributed by atoms with van der Waals surface area (Å²) in [5.41, 5.74) is 0.951. The minimum atomic E-state index is -1.64. The van der Waals surface area contributed by atoms with Gasteiger partial charge in [-0.1, -0.05) is 150 Å². The van der Waals surface area contributed by atoms with Gasteiger partial charge >= 0.3 is 5.97 Å². The van der Waals surface area contributed by atoms with E-state index in [1.54, 1.807) is 109 Å². The Labute approximate surface area is 469 Å². The third kappa shape index (κ3) is 16.4. The number of hydrogen-bond donors (Lipinski definition) is 4. The molecule has 19 nitrogen and oxygen atoms in total. The Bertz CT molecular complexity index is 2420. The van der Waals surface area contributed by atoms with Crippen molar-refractivity contribution in [2.24, 2.45) is 35.5 Å². The summed E-state index contributed by atoms with van der Waals surface area (Å²) in [4.78, 5) is 140. The minimum Gasteiger partial charge on any atom is -0.450 e. The number of fused-ring (bicyclic) bond motifs is 1. The van der Waals surface area contributed by atoms with Crippen LogP contribution in [0.3, 0.4) is 0 Å². The number of carbonyl (C=O) groups excluding carboxylic acids is 9. The molecule has 0 aliphatic carbocycles. The predicted molar refractivity (Wildman–Crippen MR) is 301 cm³/mol. The van der Waals surface area contributed by atoms with Gasteiger partial charge < -0.3 is 50.3 Å². The molecule has 2 aliphatic rings. The lowest BCUT2D eigenvalue weighted by Gasteiger charge is -2.38. The van der Waals surface area contributed by atoms with Crippen LogP contribution < -0.4 is 16.0 Å². The van der Waals surface area contributed by atoms with Crippen molar-refractivity contribution in [3.63, 3.8) is 0 Å². The van der Waals surface area contributed by atoms with Crippen molar-refractivity contribution in [1.29, 1.82) is 0 Å². The molecule has 11 atom stereocenters. The summed E-state index contributed by atoms with van der Waals surface area (Å²) in [7, 11) is 5.70. The molecule has 19 heteroatoms. The second-order valence-electron chi connectivity index (χ2n) is 23.7. The van der Waals surface area contributed by atoms with Crippen LogP contribution in [-0.4, -0.2) is 172 Å². The maximum Gasteiger partial charge on any atom is 0.329 e. The Balaban J connectivity index is 1.98. The molecule has 2 fully saturated rings. The number of ether oxygens (including phenoxy) is 1. The summed E-state index contributed by atoms with van der Waals surface area (Å²) in [5.74, 6) is -8.72. The molecule has 2 heterocycles. The highest BCUT2D eigenvalue weighted by Crippen LogP contribution is 2.29. The highest BCUT2D eigenvalue weighted by molar-refractivity contribution is 5.99. The topological polar surface area (TPSA) is 235 Å². The van der Waals surface area contributed by atoms with Crippen molar-refractivity contribution < 1.29 is 53.0 Å². The second-order valence-corrected chi connectivity index (χ2v) is 23.7. The summed E-state index contributed by atoms with van der Waals surface area (Å²) < 4.78 is 6.10. The Hall–Kier alpha value is -6.37. The average molecular weight is 1100 g/mol. The minimum absolute atomic E-state index is 0.0684. The molecule has 8 amide bonds. The standard InChI is InChI=1S/C60H92N8O11/c1-17-39(12)46-57(75)64(13)45(32-35(4)5)53(71)61-42(31-34(2)3)55(73)66(15)48(37(8)9)60(78)79-51(38(10)11)59(77)65(14)47(36(6)7)54(72)62-43(33-40-25-20-18-21-26-40)56(74)67(16)49(50(69)41-27-22-19-23-28-41)58(76)68-30-24-29-44(68)52(70)63-46/h18-23,25-28,34-39,42-51,69H,17,24,29-33H2,1-16H3,(H,61,71)(H,62,72)(H,63,70)/t39-,42+,43+,44+,45+,46+,47+,48+,49+,50?,51-/m1/s1. The van der Waals surface area contributed by atoms with Crippen LogP contribution in [0, 0.1) is 35.5 Å². The van der Waals surface area contributed by atoms with Crippen LogP contribution in [0.1, 0.15) is 132 Å². The maximum absolute atomic E-state index is 15.3. The summed E-state index contributed by atoms with van der Waals surface area (Å²) in [6.07, 6.45) is -1.78. The average Bonchev–Trinajstić information content (AvgIpc) is 3.91. The van der Waals surface area contributed by atoms with Gasteiger partial charge in [0.25, 0.3) is 5.91 Å². The summed E-state index contributed by atoms with van der Waals surface area (Å²) >= 11 is 0. The van der Waals surface area contributed by atoms with Crippen LogP contribution in [0.5, 0.6) is 0 Å². The van der Waals surface area contributed by atoms with Crippen molar-refractivity contribution in [2.45, 2.75) is 182 Å². The molecule has 4 rings (SSSR count). The molecule has 2 aromatic carbocycles. The van der Waals surface area contributed by atoms with Crippen LogP contribution in [0.15, 0.2) is 60.7 Å². The predicted octanol–water partition coefficient (Wildman–Crippen LogP) is 4.75. The van der Waals surface area contributed by atoms with Crippen molar-refractivity contribution in [2.75, 3.05) is 34.7 Å². The molecular formula is C60H92N8O11. The van der Waals surface area contributed by atoms with Crippen molar-refractivity contribution in [3.05, 3.63) is 71.8 Å². The normalized spacial score (nSPS) is 26.4. The van der Waals surface area contributed by atoms with Gasteiger partial charge in [0.15, 0.2) is 6.10 Å². The van der Waals surface area contributed by atoms with E-state index >= 15 is 9.59 Å². The van der Waals surface area contributed by atoms with E-state index in [1.807, 2.05) is 34.6 Å². The number of likely N-dealkylation sites (N-methyl/N-ethyl adjacent to an activating group) is 4. The fourth-order valence-corrected chi connectivity index (χ4v) is 10.9. The maximum atomic E-state index is 15.3.